The zero-order valence-corrected chi connectivity index (χ0v) is 11.5. The van der Waals surface area contributed by atoms with E-state index in [0.717, 1.165) is 22.1 Å². The van der Waals surface area contributed by atoms with Gasteiger partial charge in [0, 0.05) is 30.2 Å². The van der Waals surface area contributed by atoms with Gasteiger partial charge in [-0.1, -0.05) is 15.9 Å². The first kappa shape index (κ1) is 13.2. The second-order valence-corrected chi connectivity index (χ2v) is 4.71. The van der Waals surface area contributed by atoms with Crippen molar-refractivity contribution in [2.24, 2.45) is 0 Å². The third-order valence-electron chi connectivity index (χ3n) is 2.46. The van der Waals surface area contributed by atoms with Crippen molar-refractivity contribution in [3.63, 3.8) is 0 Å². The second-order valence-electron chi connectivity index (χ2n) is 3.79. The number of aryl methyl sites for hydroxylation is 1. The predicted octanol–water partition coefficient (Wildman–Crippen LogP) is 2.05. The largest absolute Gasteiger partial charge is 0.340 e. The average molecular weight is 285 g/mol. The molecule has 4 heteroatoms. The van der Waals surface area contributed by atoms with Crippen molar-refractivity contribution in [1.82, 2.24) is 10.2 Å². The summed E-state index contributed by atoms with van der Waals surface area (Å²) in [6, 6.07) is 5.71. The van der Waals surface area contributed by atoms with E-state index in [1.165, 1.54) is 0 Å². The van der Waals surface area contributed by atoms with Gasteiger partial charge in [0.1, 0.15) is 0 Å². The maximum atomic E-state index is 12.1. The fraction of sp³-hybridized carbons (Fsp3) is 0.417. The molecule has 1 N–H and O–H groups in total. The van der Waals surface area contributed by atoms with Gasteiger partial charge in [-0.25, -0.2) is 0 Å². The van der Waals surface area contributed by atoms with Gasteiger partial charge in [-0.15, -0.1) is 0 Å². The van der Waals surface area contributed by atoms with Gasteiger partial charge < -0.3 is 10.2 Å². The molecule has 0 aliphatic rings. The molecular weight excluding hydrogens is 268 g/mol. The Labute approximate surface area is 105 Å². The molecule has 1 aromatic rings. The van der Waals surface area contributed by atoms with Crippen molar-refractivity contribution in [1.29, 1.82) is 0 Å². The molecule has 16 heavy (non-hydrogen) atoms. The van der Waals surface area contributed by atoms with Gasteiger partial charge in [0.15, 0.2) is 0 Å². The Morgan fingerprint density at radius 2 is 2.19 bits per heavy atom. The summed E-state index contributed by atoms with van der Waals surface area (Å²) < 4.78 is 0.999. The fourth-order valence-electron chi connectivity index (χ4n) is 1.45. The lowest BCUT2D eigenvalue weighted by Crippen LogP contribution is -2.33. The van der Waals surface area contributed by atoms with Crippen molar-refractivity contribution in [2.45, 2.75) is 6.92 Å². The molecule has 0 saturated carbocycles. The standard InChI is InChI=1S/C12H17BrN2O/c1-9-8-10(13)4-5-11(9)12(16)15(3)7-6-14-2/h4-5,8,14H,6-7H2,1-3H3. The molecule has 88 valence electrons. The van der Waals surface area contributed by atoms with Gasteiger partial charge in [0.2, 0.25) is 0 Å². The van der Waals surface area contributed by atoms with E-state index in [0.29, 0.717) is 6.54 Å². The Balaban J connectivity index is 2.79. The van der Waals surface area contributed by atoms with Gasteiger partial charge in [0.25, 0.3) is 5.91 Å². The summed E-state index contributed by atoms with van der Waals surface area (Å²) >= 11 is 3.39. The lowest BCUT2D eigenvalue weighted by atomic mass is 10.1. The molecular formula is C12H17BrN2O. The number of carbonyl (C=O) groups is 1. The topological polar surface area (TPSA) is 32.3 Å². The minimum absolute atomic E-state index is 0.0697. The van der Waals surface area contributed by atoms with E-state index in [1.54, 1.807) is 4.90 Å². The summed E-state index contributed by atoms with van der Waals surface area (Å²) in [6.07, 6.45) is 0. The van der Waals surface area contributed by atoms with Crippen LogP contribution in [0.15, 0.2) is 22.7 Å². The van der Waals surface area contributed by atoms with Crippen molar-refractivity contribution >= 4 is 21.8 Å². The van der Waals surface area contributed by atoms with E-state index in [9.17, 15) is 4.79 Å². The Hall–Kier alpha value is -0.870. The number of nitrogens with zero attached hydrogens (tertiary/aromatic N) is 1. The summed E-state index contributed by atoms with van der Waals surface area (Å²) in [6.45, 7) is 3.46. The van der Waals surface area contributed by atoms with Crippen molar-refractivity contribution in [3.8, 4) is 0 Å². The lowest BCUT2D eigenvalue weighted by molar-refractivity contribution is 0.0796. The van der Waals surface area contributed by atoms with Crippen LogP contribution in [0.3, 0.4) is 0 Å². The Kier molecular flexibility index (Phi) is 4.96. The first-order valence-electron chi connectivity index (χ1n) is 5.22. The van der Waals surface area contributed by atoms with Crippen LogP contribution in [-0.4, -0.2) is 38.0 Å². The van der Waals surface area contributed by atoms with Crippen LogP contribution in [0.4, 0.5) is 0 Å². The predicted molar refractivity (Wildman–Crippen MR) is 69.8 cm³/mol. The summed E-state index contributed by atoms with van der Waals surface area (Å²) in [5.74, 6) is 0.0697. The van der Waals surface area contributed by atoms with Gasteiger partial charge in [0.05, 0.1) is 0 Å². The highest BCUT2D eigenvalue weighted by Crippen LogP contribution is 2.16. The Bertz CT molecular complexity index is 379. The van der Waals surface area contributed by atoms with Crippen molar-refractivity contribution < 1.29 is 4.79 Å². The normalized spacial score (nSPS) is 10.2. The molecule has 0 heterocycles. The molecule has 0 aliphatic heterocycles. The molecule has 0 fully saturated rings. The molecule has 0 aliphatic carbocycles. The van der Waals surface area contributed by atoms with E-state index in [4.69, 9.17) is 0 Å². The Morgan fingerprint density at radius 1 is 1.50 bits per heavy atom. The van der Waals surface area contributed by atoms with E-state index >= 15 is 0 Å². The number of hydrogen-bond donors (Lipinski definition) is 1. The molecule has 1 amide bonds. The number of rotatable bonds is 4. The van der Waals surface area contributed by atoms with Crippen LogP contribution in [-0.2, 0) is 0 Å². The maximum absolute atomic E-state index is 12.1. The average Bonchev–Trinajstić information content (AvgIpc) is 2.25. The van der Waals surface area contributed by atoms with E-state index < -0.39 is 0 Å². The van der Waals surface area contributed by atoms with Crippen LogP contribution in [0.5, 0.6) is 0 Å². The first-order valence-corrected chi connectivity index (χ1v) is 6.01. The summed E-state index contributed by atoms with van der Waals surface area (Å²) in [5, 5.41) is 3.03. The third kappa shape index (κ3) is 3.32. The molecule has 1 rings (SSSR count). The highest BCUT2D eigenvalue weighted by molar-refractivity contribution is 9.10. The van der Waals surface area contributed by atoms with Crippen LogP contribution < -0.4 is 5.32 Å². The molecule has 0 spiro atoms. The van der Waals surface area contributed by atoms with Crippen LogP contribution in [0.2, 0.25) is 0 Å². The summed E-state index contributed by atoms with van der Waals surface area (Å²) in [7, 11) is 3.70. The number of carbonyl (C=O) groups excluding carboxylic acids is 1. The van der Waals surface area contributed by atoms with Gasteiger partial charge in [-0.05, 0) is 37.7 Å². The van der Waals surface area contributed by atoms with Crippen molar-refractivity contribution in [3.05, 3.63) is 33.8 Å². The first-order chi connectivity index (χ1) is 7.56. The molecule has 0 atom stereocenters. The molecule has 0 radical (unpaired) electrons. The number of benzene rings is 1. The minimum atomic E-state index is 0.0697. The number of hydrogen-bond acceptors (Lipinski definition) is 2. The van der Waals surface area contributed by atoms with E-state index in [1.807, 2.05) is 39.2 Å². The highest BCUT2D eigenvalue weighted by Gasteiger charge is 2.13. The molecule has 0 bridgehead atoms. The number of nitrogens with one attached hydrogen (secondary N) is 1. The molecule has 3 nitrogen and oxygen atoms in total. The number of likely N-dealkylation sites (N-methyl/N-ethyl adjacent to an activating group) is 2. The van der Waals surface area contributed by atoms with Crippen LogP contribution in [0.1, 0.15) is 15.9 Å². The van der Waals surface area contributed by atoms with Crippen LogP contribution in [0, 0.1) is 6.92 Å². The van der Waals surface area contributed by atoms with Crippen molar-refractivity contribution in [2.75, 3.05) is 27.2 Å². The van der Waals surface area contributed by atoms with Gasteiger partial charge in [-0.2, -0.15) is 0 Å². The summed E-state index contributed by atoms with van der Waals surface area (Å²) in [5.41, 5.74) is 1.76. The molecule has 1 aromatic carbocycles. The number of amides is 1. The van der Waals surface area contributed by atoms with Gasteiger partial charge >= 0.3 is 0 Å². The van der Waals surface area contributed by atoms with Crippen LogP contribution in [0.25, 0.3) is 0 Å². The van der Waals surface area contributed by atoms with Gasteiger partial charge in [-0.3, -0.25) is 4.79 Å². The van der Waals surface area contributed by atoms with Crippen LogP contribution >= 0.6 is 15.9 Å². The SMILES string of the molecule is CNCCN(C)C(=O)c1ccc(Br)cc1C. The zero-order chi connectivity index (χ0) is 12.1. The monoisotopic (exact) mass is 284 g/mol. The lowest BCUT2D eigenvalue weighted by Gasteiger charge is -2.18. The molecule has 0 saturated heterocycles. The quantitative estimate of drug-likeness (QED) is 0.918. The maximum Gasteiger partial charge on any atom is 0.253 e. The smallest absolute Gasteiger partial charge is 0.253 e. The zero-order valence-electron chi connectivity index (χ0n) is 9.88. The van der Waals surface area contributed by atoms with E-state index in [2.05, 4.69) is 21.2 Å². The Morgan fingerprint density at radius 3 is 2.75 bits per heavy atom. The minimum Gasteiger partial charge on any atom is -0.340 e. The summed E-state index contributed by atoms with van der Waals surface area (Å²) in [4.78, 5) is 13.8. The molecule has 0 aromatic heterocycles. The fourth-order valence-corrected chi connectivity index (χ4v) is 1.93. The second kappa shape index (κ2) is 6.01. The number of halogens is 1. The highest BCUT2D eigenvalue weighted by atomic mass is 79.9. The van der Waals surface area contributed by atoms with E-state index in [-0.39, 0.29) is 5.91 Å². The third-order valence-corrected chi connectivity index (χ3v) is 2.96. The molecule has 0 unspecified atom stereocenters.